The van der Waals surface area contributed by atoms with Gasteiger partial charge in [-0.25, -0.2) is 0 Å². The van der Waals surface area contributed by atoms with Crippen molar-refractivity contribution in [2.45, 2.75) is 18.6 Å². The lowest BCUT2D eigenvalue weighted by atomic mass is 9.77. The SMILES string of the molecule is CCOC(=O)[C@@H]1[C@H]2C(=O)N(C(=O)c3cc(Br)c(Br)o3)C[C@]23C=C[C@H]1O3. The van der Waals surface area contributed by atoms with Crippen molar-refractivity contribution < 1.29 is 28.3 Å². The fourth-order valence-corrected chi connectivity index (χ4v) is 4.34. The van der Waals surface area contributed by atoms with Crippen molar-refractivity contribution in [2.24, 2.45) is 11.8 Å². The Morgan fingerprint density at radius 1 is 1.44 bits per heavy atom. The lowest BCUT2D eigenvalue weighted by Gasteiger charge is -2.22. The number of carbonyl (C=O) groups is 3. The second-order valence-corrected chi connectivity index (χ2v) is 7.69. The molecule has 2 fully saturated rings. The summed E-state index contributed by atoms with van der Waals surface area (Å²) >= 11 is 6.41. The number of hydrogen-bond acceptors (Lipinski definition) is 6. The van der Waals surface area contributed by atoms with Gasteiger partial charge in [0.2, 0.25) is 5.91 Å². The summed E-state index contributed by atoms with van der Waals surface area (Å²) in [4.78, 5) is 39.0. The fourth-order valence-electron chi connectivity index (χ4n) is 3.76. The van der Waals surface area contributed by atoms with Crippen LogP contribution >= 0.6 is 31.9 Å². The smallest absolute Gasteiger partial charge is 0.312 e. The maximum atomic E-state index is 12.9. The van der Waals surface area contributed by atoms with Crippen LogP contribution in [0.5, 0.6) is 0 Å². The van der Waals surface area contributed by atoms with Crippen molar-refractivity contribution in [3.05, 3.63) is 33.1 Å². The Balaban J connectivity index is 1.65. The number of imide groups is 1. The Bertz CT molecular complexity index is 798. The molecule has 2 bridgehead atoms. The minimum absolute atomic E-state index is 0.0229. The third kappa shape index (κ3) is 2.36. The summed E-state index contributed by atoms with van der Waals surface area (Å²) in [5.74, 6) is -2.95. The number of carbonyl (C=O) groups excluding carboxylic acids is 3. The van der Waals surface area contributed by atoms with E-state index in [1.807, 2.05) is 0 Å². The summed E-state index contributed by atoms with van der Waals surface area (Å²) in [6, 6.07) is 1.49. The molecule has 4 rings (SSSR count). The minimum Gasteiger partial charge on any atom is -0.466 e. The van der Waals surface area contributed by atoms with Gasteiger partial charge in [-0.15, -0.1) is 0 Å². The highest BCUT2D eigenvalue weighted by atomic mass is 79.9. The van der Waals surface area contributed by atoms with Gasteiger partial charge >= 0.3 is 5.97 Å². The van der Waals surface area contributed by atoms with Crippen LogP contribution in [0.3, 0.4) is 0 Å². The predicted octanol–water partition coefficient (Wildman–Crippen LogP) is 2.29. The van der Waals surface area contributed by atoms with E-state index in [2.05, 4.69) is 31.9 Å². The number of hydrogen-bond donors (Lipinski definition) is 0. The second-order valence-electron chi connectivity index (χ2n) is 6.11. The summed E-state index contributed by atoms with van der Waals surface area (Å²) in [5, 5.41) is 0. The Hall–Kier alpha value is -1.45. The van der Waals surface area contributed by atoms with Gasteiger partial charge in [0.25, 0.3) is 5.91 Å². The molecule has 4 atom stereocenters. The maximum Gasteiger partial charge on any atom is 0.312 e. The van der Waals surface area contributed by atoms with Gasteiger partial charge in [-0.3, -0.25) is 19.3 Å². The lowest BCUT2D eigenvalue weighted by molar-refractivity contribution is -0.153. The monoisotopic (exact) mass is 473 g/mol. The molecule has 1 aromatic rings. The zero-order valence-electron chi connectivity index (χ0n) is 13.0. The van der Waals surface area contributed by atoms with Gasteiger partial charge < -0.3 is 13.9 Å². The van der Waals surface area contributed by atoms with E-state index in [9.17, 15) is 14.4 Å². The quantitative estimate of drug-likeness (QED) is 0.379. The molecular formula is C16H13Br2NO6. The Kier molecular flexibility index (Phi) is 3.93. The first-order valence-electron chi connectivity index (χ1n) is 7.72. The number of furan rings is 1. The highest BCUT2D eigenvalue weighted by Crippen LogP contribution is 2.52. The molecule has 1 spiro atoms. The summed E-state index contributed by atoms with van der Waals surface area (Å²) in [5.41, 5.74) is -0.962. The molecule has 0 N–H and O–H groups in total. The predicted molar refractivity (Wildman–Crippen MR) is 90.5 cm³/mol. The van der Waals surface area contributed by atoms with Gasteiger partial charge in [0.15, 0.2) is 10.4 Å². The molecule has 0 saturated carbocycles. The molecule has 9 heteroatoms. The van der Waals surface area contributed by atoms with E-state index in [0.29, 0.717) is 9.14 Å². The van der Waals surface area contributed by atoms with Crippen molar-refractivity contribution in [3.63, 3.8) is 0 Å². The third-order valence-corrected chi connectivity index (χ3v) is 6.47. The van der Waals surface area contributed by atoms with Crippen LogP contribution in [0.4, 0.5) is 0 Å². The number of nitrogens with zero attached hydrogens (tertiary/aromatic N) is 1. The van der Waals surface area contributed by atoms with Crippen LogP contribution in [0.2, 0.25) is 0 Å². The molecule has 25 heavy (non-hydrogen) atoms. The fraction of sp³-hybridized carbons (Fsp3) is 0.438. The van der Waals surface area contributed by atoms with E-state index in [-0.39, 0.29) is 18.9 Å². The largest absolute Gasteiger partial charge is 0.466 e. The van der Waals surface area contributed by atoms with Crippen LogP contribution in [0, 0.1) is 11.8 Å². The number of halogens is 2. The molecule has 2 saturated heterocycles. The van der Waals surface area contributed by atoms with E-state index in [1.54, 1.807) is 19.1 Å². The van der Waals surface area contributed by atoms with E-state index < -0.39 is 41.3 Å². The van der Waals surface area contributed by atoms with Crippen LogP contribution < -0.4 is 0 Å². The molecule has 3 aliphatic heterocycles. The highest BCUT2D eigenvalue weighted by Gasteiger charge is 2.68. The first-order chi connectivity index (χ1) is 11.9. The van der Waals surface area contributed by atoms with Crippen LogP contribution in [0.15, 0.2) is 31.8 Å². The zero-order valence-corrected chi connectivity index (χ0v) is 16.2. The summed E-state index contributed by atoms with van der Waals surface area (Å²) in [7, 11) is 0. The molecule has 1 aromatic heterocycles. The second kappa shape index (κ2) is 5.78. The molecule has 7 nitrogen and oxygen atoms in total. The Labute approximate surface area is 159 Å². The normalized spacial score (nSPS) is 32.4. The van der Waals surface area contributed by atoms with E-state index >= 15 is 0 Å². The summed E-state index contributed by atoms with van der Waals surface area (Å²) in [6.07, 6.45) is 3.05. The summed E-state index contributed by atoms with van der Waals surface area (Å²) < 4.78 is 17.3. The van der Waals surface area contributed by atoms with Gasteiger partial charge in [0.05, 0.1) is 29.6 Å². The molecular weight excluding hydrogens is 462 g/mol. The van der Waals surface area contributed by atoms with Crippen molar-refractivity contribution in [3.8, 4) is 0 Å². The van der Waals surface area contributed by atoms with Gasteiger partial charge in [-0.1, -0.05) is 12.2 Å². The van der Waals surface area contributed by atoms with Crippen molar-refractivity contribution in [1.82, 2.24) is 4.90 Å². The first-order valence-corrected chi connectivity index (χ1v) is 9.31. The van der Waals surface area contributed by atoms with Crippen LogP contribution in [-0.2, 0) is 19.1 Å². The van der Waals surface area contributed by atoms with Gasteiger partial charge in [-0.2, -0.15) is 0 Å². The molecule has 0 aliphatic carbocycles. The Morgan fingerprint density at radius 2 is 2.20 bits per heavy atom. The number of amides is 2. The number of esters is 1. The van der Waals surface area contributed by atoms with Crippen LogP contribution in [-0.4, -0.2) is 47.5 Å². The average Bonchev–Trinajstić information content (AvgIpc) is 3.28. The van der Waals surface area contributed by atoms with E-state index in [0.717, 1.165) is 4.90 Å². The standard InChI is InChI=1S/C16H13Br2NO6/c1-2-23-15(22)10-8-3-4-16(25-8)6-19(14(21)11(10)16)13(20)9-5-7(17)12(18)24-9/h3-5,8,10-11H,2,6H2,1H3/t8-,10+,11+,16-/m1/s1. The molecule has 0 aromatic carbocycles. The van der Waals surface area contributed by atoms with Gasteiger partial charge in [0, 0.05) is 6.07 Å². The van der Waals surface area contributed by atoms with E-state index in [4.69, 9.17) is 13.9 Å². The zero-order chi connectivity index (χ0) is 17.9. The third-order valence-electron chi connectivity index (χ3n) is 4.76. The molecule has 4 heterocycles. The number of likely N-dealkylation sites (tertiary alicyclic amines) is 1. The molecule has 3 aliphatic rings. The van der Waals surface area contributed by atoms with Gasteiger partial charge in [0.1, 0.15) is 11.5 Å². The van der Waals surface area contributed by atoms with Gasteiger partial charge in [-0.05, 0) is 38.8 Å². The number of rotatable bonds is 3. The lowest BCUT2D eigenvalue weighted by Crippen LogP contribution is -2.40. The maximum absolute atomic E-state index is 12.9. The minimum atomic E-state index is -0.962. The van der Waals surface area contributed by atoms with Crippen LogP contribution in [0.25, 0.3) is 0 Å². The van der Waals surface area contributed by atoms with Crippen molar-refractivity contribution in [2.75, 3.05) is 13.2 Å². The topological polar surface area (TPSA) is 86.1 Å². The van der Waals surface area contributed by atoms with Crippen molar-refractivity contribution >= 4 is 49.6 Å². The Morgan fingerprint density at radius 3 is 2.84 bits per heavy atom. The molecule has 132 valence electrons. The molecule has 0 radical (unpaired) electrons. The van der Waals surface area contributed by atoms with E-state index in [1.165, 1.54) is 6.07 Å². The summed E-state index contributed by atoms with van der Waals surface area (Å²) in [6.45, 7) is 1.97. The molecule has 2 amide bonds. The number of fused-ring (bicyclic) bond motifs is 1. The molecule has 0 unspecified atom stereocenters. The average molecular weight is 475 g/mol. The first kappa shape index (κ1) is 17.0. The van der Waals surface area contributed by atoms with Crippen molar-refractivity contribution in [1.29, 1.82) is 0 Å². The van der Waals surface area contributed by atoms with Crippen LogP contribution in [0.1, 0.15) is 17.5 Å². The highest BCUT2D eigenvalue weighted by molar-refractivity contribution is 9.13. The number of ether oxygens (including phenoxy) is 2.